The largest absolute Gasteiger partial charge is 0.458 e. The van der Waals surface area contributed by atoms with E-state index in [0.29, 0.717) is 5.92 Å². The first kappa shape index (κ1) is 7.84. The Morgan fingerprint density at radius 2 is 2.33 bits per heavy atom. The van der Waals surface area contributed by atoms with Crippen LogP contribution in [0.25, 0.3) is 0 Å². The van der Waals surface area contributed by atoms with E-state index >= 15 is 0 Å². The monoisotopic (exact) mass is 166 g/mol. The van der Waals surface area contributed by atoms with E-state index in [9.17, 15) is 4.79 Å². The zero-order valence-corrected chi connectivity index (χ0v) is 7.54. The molecule has 0 radical (unpaired) electrons. The summed E-state index contributed by atoms with van der Waals surface area (Å²) in [6, 6.07) is 0. The van der Waals surface area contributed by atoms with E-state index in [0.717, 1.165) is 12.8 Å². The van der Waals surface area contributed by atoms with Gasteiger partial charge in [-0.3, -0.25) is 4.79 Å². The van der Waals surface area contributed by atoms with Gasteiger partial charge in [0.1, 0.15) is 6.10 Å². The molecule has 3 atom stereocenters. The van der Waals surface area contributed by atoms with Crippen LogP contribution in [0.4, 0.5) is 0 Å². The molecule has 0 aromatic heterocycles. The summed E-state index contributed by atoms with van der Waals surface area (Å²) in [5.41, 5.74) is 1.36. The van der Waals surface area contributed by atoms with Gasteiger partial charge in [-0.15, -0.1) is 0 Å². The molecule has 66 valence electrons. The zero-order valence-electron chi connectivity index (χ0n) is 7.54. The van der Waals surface area contributed by atoms with E-state index in [2.05, 4.69) is 13.0 Å². The lowest BCUT2D eigenvalue weighted by molar-refractivity contribution is -0.142. The summed E-state index contributed by atoms with van der Waals surface area (Å²) in [5.74, 6) is 0.538. The Hall–Kier alpha value is -0.790. The third kappa shape index (κ3) is 1.06. The second-order valence-electron chi connectivity index (χ2n) is 3.91. The normalized spacial score (nSPS) is 40.3. The number of ether oxygens (including phenoxy) is 1. The predicted molar refractivity (Wildman–Crippen MR) is 45.5 cm³/mol. The lowest BCUT2D eigenvalue weighted by Crippen LogP contribution is -2.21. The second kappa shape index (κ2) is 2.61. The van der Waals surface area contributed by atoms with Crippen LogP contribution in [0.5, 0.6) is 0 Å². The van der Waals surface area contributed by atoms with Crippen molar-refractivity contribution in [2.45, 2.75) is 32.8 Å². The van der Waals surface area contributed by atoms with Gasteiger partial charge < -0.3 is 4.74 Å². The van der Waals surface area contributed by atoms with Crippen molar-refractivity contribution < 1.29 is 9.53 Å². The topological polar surface area (TPSA) is 26.3 Å². The van der Waals surface area contributed by atoms with Crippen LogP contribution >= 0.6 is 0 Å². The molecule has 0 saturated carbocycles. The Labute approximate surface area is 72.6 Å². The zero-order chi connectivity index (χ0) is 8.72. The summed E-state index contributed by atoms with van der Waals surface area (Å²) in [6.07, 6.45) is 4.43. The van der Waals surface area contributed by atoms with Crippen molar-refractivity contribution in [1.82, 2.24) is 0 Å². The number of allylic oxidation sites excluding steroid dienone is 1. The summed E-state index contributed by atoms with van der Waals surface area (Å²) in [4.78, 5) is 11.2. The molecule has 0 bridgehead atoms. The summed E-state index contributed by atoms with van der Waals surface area (Å²) in [7, 11) is 0. The van der Waals surface area contributed by atoms with E-state index in [1.54, 1.807) is 0 Å². The van der Waals surface area contributed by atoms with Crippen LogP contribution in [0.2, 0.25) is 0 Å². The second-order valence-corrected chi connectivity index (χ2v) is 3.91. The van der Waals surface area contributed by atoms with E-state index in [4.69, 9.17) is 4.74 Å². The number of hydrogen-bond acceptors (Lipinski definition) is 2. The smallest absolute Gasteiger partial charge is 0.309 e. The van der Waals surface area contributed by atoms with Crippen LogP contribution in [-0.2, 0) is 9.53 Å². The molecule has 1 fully saturated rings. The molecule has 1 unspecified atom stereocenters. The number of esters is 1. The van der Waals surface area contributed by atoms with Crippen molar-refractivity contribution in [1.29, 1.82) is 0 Å². The predicted octanol–water partition coefficient (Wildman–Crippen LogP) is 1.90. The van der Waals surface area contributed by atoms with Gasteiger partial charge in [0.15, 0.2) is 0 Å². The summed E-state index contributed by atoms with van der Waals surface area (Å²) < 4.78 is 5.23. The van der Waals surface area contributed by atoms with Crippen LogP contribution in [0.1, 0.15) is 26.7 Å². The highest BCUT2D eigenvalue weighted by atomic mass is 16.6. The minimum atomic E-state index is -0.0176. The maximum absolute atomic E-state index is 11.2. The molecule has 1 aliphatic carbocycles. The molecular weight excluding hydrogens is 152 g/mol. The van der Waals surface area contributed by atoms with Gasteiger partial charge >= 0.3 is 5.97 Å². The molecule has 0 aromatic rings. The molecular formula is C10H14O2. The Kier molecular flexibility index (Phi) is 1.71. The fraction of sp³-hybridized carbons (Fsp3) is 0.700. The van der Waals surface area contributed by atoms with Crippen molar-refractivity contribution in [3.63, 3.8) is 0 Å². The average Bonchev–Trinajstić information content (AvgIpc) is 2.28. The molecule has 0 N–H and O–H groups in total. The van der Waals surface area contributed by atoms with Gasteiger partial charge in [0.25, 0.3) is 0 Å². The van der Waals surface area contributed by atoms with Gasteiger partial charge in [-0.05, 0) is 25.8 Å². The number of hydrogen-bond donors (Lipinski definition) is 0. The van der Waals surface area contributed by atoms with Crippen molar-refractivity contribution in [3.05, 3.63) is 11.6 Å². The van der Waals surface area contributed by atoms with Crippen molar-refractivity contribution >= 4 is 5.97 Å². The third-order valence-corrected chi connectivity index (χ3v) is 3.01. The van der Waals surface area contributed by atoms with Crippen LogP contribution < -0.4 is 0 Å². The van der Waals surface area contributed by atoms with Crippen molar-refractivity contribution in [2.24, 2.45) is 11.8 Å². The van der Waals surface area contributed by atoms with Crippen molar-refractivity contribution in [3.8, 4) is 0 Å². The van der Waals surface area contributed by atoms with Crippen LogP contribution in [0.3, 0.4) is 0 Å². The standard InChI is InChI=1S/C10H14O2/c1-6-3-4-8-7(2)10(11)12-9(8)5-6/h5,7-9H,3-4H2,1-2H3/t7-,8-,9?/m1/s1. The molecule has 2 nitrogen and oxygen atoms in total. The number of rotatable bonds is 0. The molecule has 1 heterocycles. The summed E-state index contributed by atoms with van der Waals surface area (Å²) in [5, 5.41) is 0. The van der Waals surface area contributed by atoms with Gasteiger partial charge in [-0.2, -0.15) is 0 Å². The fourth-order valence-corrected chi connectivity index (χ4v) is 2.12. The Bertz CT molecular complexity index is 242. The lowest BCUT2D eigenvalue weighted by Gasteiger charge is -2.22. The molecule has 2 aliphatic rings. The maximum Gasteiger partial charge on any atom is 0.309 e. The van der Waals surface area contributed by atoms with Crippen LogP contribution in [-0.4, -0.2) is 12.1 Å². The number of carbonyl (C=O) groups excluding carboxylic acids is 1. The molecule has 2 heteroatoms. The first-order chi connectivity index (χ1) is 5.68. The van der Waals surface area contributed by atoms with E-state index in [-0.39, 0.29) is 18.0 Å². The molecule has 12 heavy (non-hydrogen) atoms. The van der Waals surface area contributed by atoms with Gasteiger partial charge in [0, 0.05) is 5.92 Å². The molecule has 1 aliphatic heterocycles. The maximum atomic E-state index is 11.2. The Morgan fingerprint density at radius 1 is 1.58 bits per heavy atom. The molecule has 1 saturated heterocycles. The average molecular weight is 166 g/mol. The molecule has 2 rings (SSSR count). The Morgan fingerprint density at radius 3 is 3.08 bits per heavy atom. The lowest BCUT2D eigenvalue weighted by atomic mass is 9.82. The number of carbonyl (C=O) groups is 1. The highest BCUT2D eigenvalue weighted by Crippen LogP contribution is 2.37. The summed E-state index contributed by atoms with van der Waals surface area (Å²) in [6.45, 7) is 4.08. The SMILES string of the molecule is CC1=CC2OC(=O)[C@H](C)[C@H]2CC1. The van der Waals surface area contributed by atoms with Gasteiger partial charge in [-0.25, -0.2) is 0 Å². The van der Waals surface area contributed by atoms with Crippen molar-refractivity contribution in [2.75, 3.05) is 0 Å². The first-order valence-electron chi connectivity index (χ1n) is 4.56. The molecule has 0 amide bonds. The minimum absolute atomic E-state index is 0.0176. The molecule has 0 spiro atoms. The van der Waals surface area contributed by atoms with Crippen LogP contribution in [0.15, 0.2) is 11.6 Å². The molecule has 0 aromatic carbocycles. The van der Waals surface area contributed by atoms with E-state index in [1.807, 2.05) is 6.92 Å². The van der Waals surface area contributed by atoms with E-state index < -0.39 is 0 Å². The quantitative estimate of drug-likeness (QED) is 0.406. The highest BCUT2D eigenvalue weighted by molar-refractivity contribution is 5.75. The van der Waals surface area contributed by atoms with Gasteiger partial charge in [0.2, 0.25) is 0 Å². The Balaban J connectivity index is 2.22. The van der Waals surface area contributed by atoms with Gasteiger partial charge in [0.05, 0.1) is 5.92 Å². The van der Waals surface area contributed by atoms with Crippen LogP contribution in [0, 0.1) is 11.8 Å². The van der Waals surface area contributed by atoms with E-state index in [1.165, 1.54) is 5.57 Å². The minimum Gasteiger partial charge on any atom is -0.458 e. The summed E-state index contributed by atoms with van der Waals surface area (Å²) >= 11 is 0. The first-order valence-corrected chi connectivity index (χ1v) is 4.56. The highest BCUT2D eigenvalue weighted by Gasteiger charge is 2.41. The van der Waals surface area contributed by atoms with Gasteiger partial charge in [-0.1, -0.05) is 12.5 Å². The number of fused-ring (bicyclic) bond motifs is 1. The third-order valence-electron chi connectivity index (χ3n) is 3.01. The fourth-order valence-electron chi connectivity index (χ4n) is 2.12.